The van der Waals surface area contributed by atoms with Gasteiger partial charge in [-0.2, -0.15) is 15.0 Å². The van der Waals surface area contributed by atoms with E-state index < -0.39 is 5.60 Å². The number of hydrogen-bond donors (Lipinski definition) is 2. The van der Waals surface area contributed by atoms with Crippen molar-refractivity contribution in [3.05, 3.63) is 42.5 Å². The molecule has 4 aromatic heterocycles. The van der Waals surface area contributed by atoms with Crippen molar-refractivity contribution in [2.45, 2.75) is 52.3 Å². The number of aromatic nitrogens is 7. The van der Waals surface area contributed by atoms with Gasteiger partial charge in [-0.3, -0.25) is 0 Å². The van der Waals surface area contributed by atoms with Gasteiger partial charge in [-0.25, -0.2) is 14.6 Å². The van der Waals surface area contributed by atoms with Crippen molar-refractivity contribution in [3.63, 3.8) is 0 Å². The fourth-order valence-electron chi connectivity index (χ4n) is 3.30. The quantitative estimate of drug-likeness (QED) is 0.457. The van der Waals surface area contributed by atoms with Gasteiger partial charge in [0.25, 0.3) is 0 Å². The molecule has 0 spiro atoms. The lowest BCUT2D eigenvalue weighted by molar-refractivity contribution is 0.0340. The summed E-state index contributed by atoms with van der Waals surface area (Å²) in [6, 6.07) is 5.90. The van der Waals surface area contributed by atoms with E-state index in [2.05, 4.69) is 36.8 Å². The van der Waals surface area contributed by atoms with Gasteiger partial charge in [0.2, 0.25) is 0 Å². The lowest BCUT2D eigenvalue weighted by atomic mass is 10.0. The number of anilines is 1. The first-order valence-electron chi connectivity index (χ1n) is 10.4. The second kappa shape index (κ2) is 8.36. The number of hydrogen-bond acceptors (Lipinski definition) is 8. The van der Waals surface area contributed by atoms with Crippen LogP contribution in [0.3, 0.4) is 0 Å². The fraction of sp³-hybridized carbons (Fsp3) is 0.364. The minimum absolute atomic E-state index is 0.172. The van der Waals surface area contributed by atoms with E-state index in [0.29, 0.717) is 35.7 Å². The topological polar surface area (TPSA) is 130 Å². The van der Waals surface area contributed by atoms with Crippen LogP contribution < -0.4 is 5.32 Å². The van der Waals surface area contributed by atoms with Gasteiger partial charge in [0.15, 0.2) is 11.5 Å². The average Bonchev–Trinajstić information content (AvgIpc) is 3.39. The summed E-state index contributed by atoms with van der Waals surface area (Å²) in [4.78, 5) is 8.96. The molecule has 0 fully saturated rings. The summed E-state index contributed by atoms with van der Waals surface area (Å²) in [6.07, 6.45) is 7.33. The Balaban J connectivity index is 1.74. The third-order valence-corrected chi connectivity index (χ3v) is 5.17. The Morgan fingerprint density at radius 1 is 1.22 bits per heavy atom. The average molecular weight is 432 g/mol. The largest absolute Gasteiger partial charge is 0.388 e. The van der Waals surface area contributed by atoms with Gasteiger partial charge in [-0.1, -0.05) is 12.1 Å². The second-order valence-electron chi connectivity index (χ2n) is 8.34. The maximum Gasteiger partial charge on any atom is 0.164 e. The predicted octanol–water partition coefficient (Wildman–Crippen LogP) is 2.93. The highest BCUT2D eigenvalue weighted by atomic mass is 16.3. The lowest BCUT2D eigenvalue weighted by Gasteiger charge is -2.20. The van der Waals surface area contributed by atoms with Gasteiger partial charge in [0.05, 0.1) is 30.1 Å². The third kappa shape index (κ3) is 4.29. The number of fused-ring (bicyclic) bond motifs is 1. The van der Waals surface area contributed by atoms with Crippen LogP contribution in [0, 0.1) is 11.3 Å². The Kier molecular flexibility index (Phi) is 5.59. The minimum atomic E-state index is -0.856. The Bertz CT molecular complexity index is 1300. The zero-order chi connectivity index (χ0) is 22.9. The summed E-state index contributed by atoms with van der Waals surface area (Å²) in [6.45, 7) is 8.16. The molecule has 10 heteroatoms. The van der Waals surface area contributed by atoms with Crippen molar-refractivity contribution < 1.29 is 5.11 Å². The molecule has 10 nitrogen and oxygen atoms in total. The highest BCUT2D eigenvalue weighted by molar-refractivity contribution is 5.79. The van der Waals surface area contributed by atoms with Gasteiger partial charge in [-0.15, -0.1) is 5.10 Å². The smallest absolute Gasteiger partial charge is 0.164 e. The van der Waals surface area contributed by atoms with E-state index in [4.69, 9.17) is 5.26 Å². The van der Waals surface area contributed by atoms with Crippen molar-refractivity contribution in [2.24, 2.45) is 0 Å². The van der Waals surface area contributed by atoms with Crippen LogP contribution >= 0.6 is 0 Å². The Labute approximate surface area is 185 Å². The molecule has 1 atom stereocenters. The highest BCUT2D eigenvalue weighted by Gasteiger charge is 2.20. The summed E-state index contributed by atoms with van der Waals surface area (Å²) >= 11 is 0. The zero-order valence-corrected chi connectivity index (χ0v) is 18.5. The molecule has 2 N–H and O–H groups in total. The number of nitrogens with zero attached hydrogens (tertiary/aromatic N) is 8. The molecular formula is C22H25N9O. The first-order chi connectivity index (χ1) is 15.3. The van der Waals surface area contributed by atoms with E-state index in [-0.39, 0.29) is 6.04 Å². The van der Waals surface area contributed by atoms with E-state index >= 15 is 0 Å². The molecule has 1 unspecified atom stereocenters. The molecule has 0 saturated carbocycles. The van der Waals surface area contributed by atoms with Gasteiger partial charge in [0.1, 0.15) is 11.8 Å². The summed E-state index contributed by atoms with van der Waals surface area (Å²) in [5.74, 6) is 0.588. The minimum Gasteiger partial charge on any atom is -0.388 e. The predicted molar refractivity (Wildman–Crippen MR) is 120 cm³/mol. The van der Waals surface area contributed by atoms with Crippen molar-refractivity contribution >= 4 is 16.7 Å². The molecule has 4 heterocycles. The maximum absolute atomic E-state index is 10.3. The SMILES string of the molecule is CCC(C)(O)Cn1cc(-c2cnc(-n3ncc4cc(C#N)cnc43)cc2NC(C)C)nn1. The van der Waals surface area contributed by atoms with E-state index in [1.165, 1.54) is 6.20 Å². The standard InChI is InChI=1S/C22H25N9O/c1-5-22(4,32)13-30-12-19(28-29-30)17-11-24-20(7-18(17)27-14(2)3)31-21-16(10-26-31)6-15(8-23)9-25-21/h6-7,9-12,14,32H,5,13H2,1-4H3,(H,24,27). The first kappa shape index (κ1) is 21.4. The zero-order valence-electron chi connectivity index (χ0n) is 18.5. The third-order valence-electron chi connectivity index (χ3n) is 5.17. The summed E-state index contributed by atoms with van der Waals surface area (Å²) in [5.41, 5.74) is 2.52. The lowest BCUT2D eigenvalue weighted by Crippen LogP contribution is -2.29. The molecule has 0 aromatic carbocycles. The van der Waals surface area contributed by atoms with Crippen LogP contribution in [0.5, 0.6) is 0 Å². The number of aliphatic hydroxyl groups is 1. The maximum atomic E-state index is 10.3. The number of pyridine rings is 2. The van der Waals surface area contributed by atoms with Crippen LogP contribution in [0.25, 0.3) is 28.1 Å². The van der Waals surface area contributed by atoms with Crippen LogP contribution in [-0.2, 0) is 6.54 Å². The first-order valence-corrected chi connectivity index (χ1v) is 10.4. The van der Waals surface area contributed by atoms with Crippen molar-refractivity contribution in [1.82, 2.24) is 34.7 Å². The monoisotopic (exact) mass is 431 g/mol. The second-order valence-corrected chi connectivity index (χ2v) is 8.34. The van der Waals surface area contributed by atoms with Gasteiger partial charge < -0.3 is 10.4 Å². The Hall–Kier alpha value is -3.84. The van der Waals surface area contributed by atoms with E-state index in [0.717, 1.165) is 16.6 Å². The van der Waals surface area contributed by atoms with Gasteiger partial charge >= 0.3 is 0 Å². The normalized spacial score (nSPS) is 13.3. The van der Waals surface area contributed by atoms with Crippen LogP contribution in [0.1, 0.15) is 39.7 Å². The molecule has 32 heavy (non-hydrogen) atoms. The molecule has 0 aliphatic rings. The molecule has 164 valence electrons. The van der Waals surface area contributed by atoms with Crippen LogP contribution in [-0.4, -0.2) is 51.5 Å². The Morgan fingerprint density at radius 2 is 2.03 bits per heavy atom. The van der Waals surface area contributed by atoms with Crippen molar-refractivity contribution in [2.75, 3.05) is 5.32 Å². The molecule has 0 saturated heterocycles. The van der Waals surface area contributed by atoms with Crippen LogP contribution in [0.4, 0.5) is 5.69 Å². The molecule has 0 amide bonds. The molecule has 0 aliphatic heterocycles. The van der Waals surface area contributed by atoms with E-state index in [1.807, 2.05) is 26.8 Å². The fourth-order valence-corrected chi connectivity index (χ4v) is 3.30. The molecule has 4 rings (SSSR count). The van der Waals surface area contributed by atoms with Crippen LogP contribution in [0.2, 0.25) is 0 Å². The highest BCUT2D eigenvalue weighted by Crippen LogP contribution is 2.29. The van der Waals surface area contributed by atoms with Crippen LogP contribution in [0.15, 0.2) is 36.9 Å². The van der Waals surface area contributed by atoms with Gasteiger partial charge in [-0.05, 0) is 33.3 Å². The van der Waals surface area contributed by atoms with E-state index in [9.17, 15) is 5.11 Å². The summed E-state index contributed by atoms with van der Waals surface area (Å²) < 4.78 is 3.28. The van der Waals surface area contributed by atoms with Crippen molar-refractivity contribution in [3.8, 4) is 23.1 Å². The summed E-state index contributed by atoms with van der Waals surface area (Å²) in [5, 5.41) is 36.5. The number of rotatable bonds is 7. The Morgan fingerprint density at radius 3 is 2.75 bits per heavy atom. The van der Waals surface area contributed by atoms with Gasteiger partial charge in [0, 0.05) is 41.1 Å². The molecule has 0 radical (unpaired) electrons. The molecule has 0 aliphatic carbocycles. The van der Waals surface area contributed by atoms with E-state index in [1.54, 1.807) is 40.9 Å². The number of nitriles is 1. The molecule has 4 aromatic rings. The molecular weight excluding hydrogens is 406 g/mol. The summed E-state index contributed by atoms with van der Waals surface area (Å²) in [7, 11) is 0. The number of nitrogens with one attached hydrogen (secondary N) is 1. The van der Waals surface area contributed by atoms with Crippen molar-refractivity contribution in [1.29, 1.82) is 5.26 Å². The molecule has 0 bridgehead atoms.